The van der Waals surface area contributed by atoms with Crippen molar-refractivity contribution in [3.8, 4) is 5.75 Å². The van der Waals surface area contributed by atoms with Crippen LogP contribution in [0.15, 0.2) is 54.6 Å². The Morgan fingerprint density at radius 1 is 1.11 bits per heavy atom. The van der Waals surface area contributed by atoms with E-state index in [-0.39, 0.29) is 12.4 Å². The number of hydrogen-bond donors (Lipinski definition) is 1. The molecule has 0 bridgehead atoms. The van der Waals surface area contributed by atoms with Crippen LogP contribution < -0.4 is 10.1 Å². The minimum absolute atomic E-state index is 0.259. The van der Waals surface area contributed by atoms with E-state index in [2.05, 4.69) is 5.32 Å². The maximum Gasteiger partial charge on any atom is 0.331 e. The molecule has 27 heavy (non-hydrogen) atoms. The molecule has 0 fully saturated rings. The Bertz CT molecular complexity index is 804. The molecule has 0 radical (unpaired) electrons. The Kier molecular flexibility index (Phi) is 8.03. The molecule has 0 heterocycles. The molecule has 1 N–H and O–H groups in total. The van der Waals surface area contributed by atoms with Crippen LogP contribution in [-0.4, -0.2) is 31.6 Å². The molecule has 2 rings (SSSR count). The van der Waals surface area contributed by atoms with Crippen molar-refractivity contribution >= 4 is 18.0 Å². The maximum atomic E-state index is 13.5. The number of para-hydroxylation sites is 1. The number of carbonyl (C=O) groups is 2. The van der Waals surface area contributed by atoms with Gasteiger partial charge in [0.15, 0.2) is 6.61 Å². The quantitative estimate of drug-likeness (QED) is 0.543. The van der Waals surface area contributed by atoms with Crippen LogP contribution in [0.1, 0.15) is 18.1 Å². The lowest BCUT2D eigenvalue weighted by Gasteiger charge is -2.07. The van der Waals surface area contributed by atoms with Crippen LogP contribution >= 0.6 is 0 Å². The highest BCUT2D eigenvalue weighted by molar-refractivity contribution is 5.89. The number of carbonyl (C=O) groups excluding carboxylic acids is 2. The van der Waals surface area contributed by atoms with E-state index in [0.717, 1.165) is 5.56 Å². The largest absolute Gasteiger partial charge is 0.493 e. The zero-order chi connectivity index (χ0) is 19.5. The molecule has 0 spiro atoms. The Labute approximate surface area is 157 Å². The molecule has 5 nitrogen and oxygen atoms in total. The average Bonchev–Trinajstić information content (AvgIpc) is 2.67. The number of esters is 1. The number of nitrogens with one attached hydrogen (secondary N) is 1. The standard InChI is InChI=1S/C21H22FNO4/c1-2-26-19-10-6-4-8-17(19)11-12-21(25)27-15-20(24)23-14-13-16-7-3-5-9-18(16)22/h3-12H,2,13-15H2,1H3,(H,23,24)/b12-11+. The molecular formula is C21H22FNO4. The summed E-state index contributed by atoms with van der Waals surface area (Å²) in [5.74, 6) is -0.723. The second-order valence-electron chi connectivity index (χ2n) is 5.60. The van der Waals surface area contributed by atoms with Crippen LogP contribution in [0, 0.1) is 5.82 Å². The molecule has 0 unspecified atom stereocenters. The molecule has 0 saturated carbocycles. The highest BCUT2D eigenvalue weighted by Gasteiger charge is 2.06. The highest BCUT2D eigenvalue weighted by Crippen LogP contribution is 2.19. The first-order valence-electron chi connectivity index (χ1n) is 8.67. The summed E-state index contributed by atoms with van der Waals surface area (Å²) < 4.78 is 23.8. The van der Waals surface area contributed by atoms with Crippen molar-refractivity contribution in [2.75, 3.05) is 19.8 Å². The Hall–Kier alpha value is -3.15. The van der Waals surface area contributed by atoms with Gasteiger partial charge in [0.25, 0.3) is 5.91 Å². The monoisotopic (exact) mass is 371 g/mol. The van der Waals surface area contributed by atoms with Gasteiger partial charge in [0.2, 0.25) is 0 Å². The summed E-state index contributed by atoms with van der Waals surface area (Å²) in [4.78, 5) is 23.5. The van der Waals surface area contributed by atoms with Crippen molar-refractivity contribution in [1.82, 2.24) is 5.32 Å². The van der Waals surface area contributed by atoms with E-state index in [1.54, 1.807) is 30.3 Å². The normalized spacial score (nSPS) is 10.6. The predicted octanol–water partition coefficient (Wildman–Crippen LogP) is 3.14. The second kappa shape index (κ2) is 10.8. The molecule has 0 aromatic heterocycles. The first kappa shape index (κ1) is 20.2. The van der Waals surface area contributed by atoms with Crippen LogP contribution in [0.2, 0.25) is 0 Å². The number of halogens is 1. The topological polar surface area (TPSA) is 64.6 Å². The van der Waals surface area contributed by atoms with E-state index in [1.165, 1.54) is 12.1 Å². The molecule has 0 saturated heterocycles. The van der Waals surface area contributed by atoms with Crippen LogP contribution in [0.25, 0.3) is 6.08 Å². The van der Waals surface area contributed by atoms with Crippen LogP contribution in [0.5, 0.6) is 5.75 Å². The highest BCUT2D eigenvalue weighted by atomic mass is 19.1. The molecule has 0 atom stereocenters. The van der Waals surface area contributed by atoms with Crippen molar-refractivity contribution in [3.63, 3.8) is 0 Å². The summed E-state index contributed by atoms with van der Waals surface area (Å²) in [6.07, 6.45) is 3.17. The van der Waals surface area contributed by atoms with Gasteiger partial charge in [0.05, 0.1) is 6.61 Å². The first-order valence-corrected chi connectivity index (χ1v) is 8.67. The van der Waals surface area contributed by atoms with Gasteiger partial charge < -0.3 is 14.8 Å². The van der Waals surface area contributed by atoms with Crippen LogP contribution in [0.4, 0.5) is 4.39 Å². The molecular weight excluding hydrogens is 349 g/mol. The average molecular weight is 371 g/mol. The molecule has 1 amide bonds. The predicted molar refractivity (Wildman–Crippen MR) is 101 cm³/mol. The number of ether oxygens (including phenoxy) is 2. The van der Waals surface area contributed by atoms with Gasteiger partial charge in [-0.15, -0.1) is 0 Å². The number of hydrogen-bond acceptors (Lipinski definition) is 4. The van der Waals surface area contributed by atoms with Crippen LogP contribution in [-0.2, 0) is 20.7 Å². The van der Waals surface area contributed by atoms with E-state index in [4.69, 9.17) is 9.47 Å². The van der Waals surface area contributed by atoms with Crippen molar-refractivity contribution in [3.05, 3.63) is 71.6 Å². The van der Waals surface area contributed by atoms with Crippen LogP contribution in [0.3, 0.4) is 0 Å². The van der Waals surface area contributed by atoms with E-state index in [9.17, 15) is 14.0 Å². The van der Waals surface area contributed by atoms with E-state index >= 15 is 0 Å². The van der Waals surface area contributed by atoms with Crippen molar-refractivity contribution in [1.29, 1.82) is 0 Å². The zero-order valence-corrected chi connectivity index (χ0v) is 15.1. The molecule has 0 aliphatic carbocycles. The molecule has 6 heteroatoms. The van der Waals surface area contributed by atoms with Crippen molar-refractivity contribution in [2.45, 2.75) is 13.3 Å². The maximum absolute atomic E-state index is 13.5. The van der Waals surface area contributed by atoms with Gasteiger partial charge in [0, 0.05) is 18.2 Å². The number of benzene rings is 2. The summed E-state index contributed by atoms with van der Waals surface area (Å²) in [5, 5.41) is 2.59. The van der Waals surface area contributed by atoms with E-state index in [1.807, 2.05) is 25.1 Å². The molecule has 2 aromatic rings. The fourth-order valence-electron chi connectivity index (χ4n) is 2.34. The minimum atomic E-state index is -0.634. The number of amides is 1. The van der Waals surface area contributed by atoms with Gasteiger partial charge in [-0.2, -0.15) is 0 Å². The first-order chi connectivity index (χ1) is 13.1. The lowest BCUT2D eigenvalue weighted by molar-refractivity contribution is -0.143. The third-order valence-corrected chi connectivity index (χ3v) is 3.64. The third-order valence-electron chi connectivity index (χ3n) is 3.64. The smallest absolute Gasteiger partial charge is 0.331 e. The summed E-state index contributed by atoms with van der Waals surface area (Å²) in [6.45, 7) is 2.25. The summed E-state index contributed by atoms with van der Waals surface area (Å²) in [7, 11) is 0. The Morgan fingerprint density at radius 2 is 1.85 bits per heavy atom. The fourth-order valence-corrected chi connectivity index (χ4v) is 2.34. The van der Waals surface area contributed by atoms with E-state index in [0.29, 0.717) is 24.3 Å². The van der Waals surface area contributed by atoms with Gasteiger partial charge in [-0.1, -0.05) is 36.4 Å². The fraction of sp³-hybridized carbons (Fsp3) is 0.238. The molecule has 2 aromatic carbocycles. The summed E-state index contributed by atoms with van der Waals surface area (Å²) in [6, 6.07) is 13.7. The van der Waals surface area contributed by atoms with E-state index < -0.39 is 18.5 Å². The van der Waals surface area contributed by atoms with Crippen molar-refractivity contribution < 1.29 is 23.5 Å². The van der Waals surface area contributed by atoms with Crippen molar-refractivity contribution in [2.24, 2.45) is 0 Å². The second-order valence-corrected chi connectivity index (χ2v) is 5.60. The van der Waals surface area contributed by atoms with Gasteiger partial charge in [-0.05, 0) is 37.1 Å². The lowest BCUT2D eigenvalue weighted by atomic mass is 10.1. The Morgan fingerprint density at radius 3 is 2.63 bits per heavy atom. The molecule has 0 aliphatic rings. The zero-order valence-electron chi connectivity index (χ0n) is 15.1. The minimum Gasteiger partial charge on any atom is -0.493 e. The van der Waals surface area contributed by atoms with Gasteiger partial charge in [-0.25, -0.2) is 9.18 Å². The number of rotatable bonds is 9. The summed E-state index contributed by atoms with van der Waals surface area (Å²) >= 11 is 0. The van der Waals surface area contributed by atoms with Gasteiger partial charge in [-0.3, -0.25) is 4.79 Å². The third kappa shape index (κ3) is 6.93. The Balaban J connectivity index is 1.73. The summed E-state index contributed by atoms with van der Waals surface area (Å²) in [5.41, 5.74) is 1.26. The lowest BCUT2D eigenvalue weighted by Crippen LogP contribution is -2.30. The van der Waals surface area contributed by atoms with Gasteiger partial charge in [0.1, 0.15) is 11.6 Å². The van der Waals surface area contributed by atoms with Gasteiger partial charge >= 0.3 is 5.97 Å². The SMILES string of the molecule is CCOc1ccccc1/C=C/C(=O)OCC(=O)NCCc1ccccc1F. The molecule has 0 aliphatic heterocycles. The molecule has 142 valence electrons.